The first-order valence-electron chi connectivity index (χ1n) is 7.16. The highest BCUT2D eigenvalue weighted by Gasteiger charge is 2.24. The van der Waals surface area contributed by atoms with Crippen LogP contribution >= 0.6 is 23.2 Å². The van der Waals surface area contributed by atoms with Crippen molar-refractivity contribution in [2.75, 3.05) is 0 Å². The number of esters is 1. The van der Waals surface area contributed by atoms with Crippen LogP contribution in [-0.2, 0) is 9.53 Å². The van der Waals surface area contributed by atoms with Gasteiger partial charge in [0.05, 0.1) is 10.0 Å². The number of aromatic amines is 1. The van der Waals surface area contributed by atoms with E-state index < -0.39 is 5.97 Å². The standard InChI is InChI=1S/C18H10Cl2N2O2/c19-13-7-12-11(9-21-15(12)8-14(13)20)6-16-18(23)24-17(22-16)10-4-2-1-3-5-10/h1-9,21H. The van der Waals surface area contributed by atoms with Gasteiger partial charge >= 0.3 is 5.97 Å². The molecule has 0 atom stereocenters. The summed E-state index contributed by atoms with van der Waals surface area (Å²) in [4.78, 5) is 19.5. The first-order chi connectivity index (χ1) is 11.6. The predicted molar refractivity (Wildman–Crippen MR) is 95.4 cm³/mol. The van der Waals surface area contributed by atoms with Gasteiger partial charge in [0, 0.05) is 28.2 Å². The van der Waals surface area contributed by atoms with Crippen molar-refractivity contribution in [3.8, 4) is 0 Å². The number of aromatic nitrogens is 1. The summed E-state index contributed by atoms with van der Waals surface area (Å²) >= 11 is 12.1. The van der Waals surface area contributed by atoms with E-state index in [0.717, 1.165) is 22.0 Å². The molecular formula is C18H10Cl2N2O2. The molecule has 1 N–H and O–H groups in total. The Morgan fingerprint density at radius 1 is 1.08 bits per heavy atom. The van der Waals surface area contributed by atoms with Crippen LogP contribution in [0.15, 0.2) is 59.4 Å². The molecule has 0 amide bonds. The number of benzene rings is 2. The number of nitrogens with zero attached hydrogens (tertiary/aromatic N) is 1. The Bertz CT molecular complexity index is 1020. The fourth-order valence-corrected chi connectivity index (χ4v) is 2.85. The second-order valence-corrected chi connectivity index (χ2v) is 6.07. The van der Waals surface area contributed by atoms with Crippen molar-refractivity contribution in [3.63, 3.8) is 0 Å². The summed E-state index contributed by atoms with van der Waals surface area (Å²) in [5.74, 6) is -0.184. The molecule has 0 aliphatic carbocycles. The van der Waals surface area contributed by atoms with Gasteiger partial charge in [-0.15, -0.1) is 0 Å². The van der Waals surface area contributed by atoms with E-state index in [-0.39, 0.29) is 5.70 Å². The molecule has 1 aliphatic rings. The summed E-state index contributed by atoms with van der Waals surface area (Å²) in [5.41, 5.74) is 2.60. The van der Waals surface area contributed by atoms with E-state index in [0.29, 0.717) is 15.9 Å². The number of carbonyl (C=O) groups is 1. The average Bonchev–Trinajstić information content (AvgIpc) is 3.14. The summed E-state index contributed by atoms with van der Waals surface area (Å²) < 4.78 is 5.25. The van der Waals surface area contributed by atoms with Crippen LogP contribution in [0.25, 0.3) is 17.0 Å². The Morgan fingerprint density at radius 3 is 2.62 bits per heavy atom. The second kappa shape index (κ2) is 5.82. The van der Waals surface area contributed by atoms with Crippen LogP contribution < -0.4 is 0 Å². The number of nitrogens with one attached hydrogen (secondary N) is 1. The molecular weight excluding hydrogens is 347 g/mol. The SMILES string of the molecule is O=C1OC(c2ccccc2)=NC1=Cc1c[nH]c2cc(Cl)c(Cl)cc12. The molecule has 6 heteroatoms. The fraction of sp³-hybridized carbons (Fsp3) is 0. The van der Waals surface area contributed by atoms with E-state index in [1.165, 1.54) is 0 Å². The minimum Gasteiger partial charge on any atom is -0.402 e. The molecule has 3 aromatic rings. The zero-order chi connectivity index (χ0) is 16.7. The first kappa shape index (κ1) is 15.0. The van der Waals surface area contributed by atoms with Gasteiger partial charge in [-0.25, -0.2) is 9.79 Å². The highest BCUT2D eigenvalue weighted by molar-refractivity contribution is 6.42. The summed E-state index contributed by atoms with van der Waals surface area (Å²) in [5, 5.41) is 1.77. The number of hydrogen-bond donors (Lipinski definition) is 1. The minimum atomic E-state index is -0.483. The van der Waals surface area contributed by atoms with Gasteiger partial charge in [-0.1, -0.05) is 41.4 Å². The Morgan fingerprint density at radius 2 is 1.83 bits per heavy atom. The van der Waals surface area contributed by atoms with Crippen LogP contribution in [-0.4, -0.2) is 16.9 Å². The Labute approximate surface area is 147 Å². The quantitative estimate of drug-likeness (QED) is 0.528. The van der Waals surface area contributed by atoms with Crippen molar-refractivity contribution >= 4 is 52.0 Å². The number of hydrogen-bond acceptors (Lipinski definition) is 3. The van der Waals surface area contributed by atoms with Gasteiger partial charge in [0.2, 0.25) is 5.90 Å². The zero-order valence-electron chi connectivity index (χ0n) is 12.2. The van der Waals surface area contributed by atoms with E-state index in [2.05, 4.69) is 9.98 Å². The second-order valence-electron chi connectivity index (χ2n) is 5.26. The summed E-state index contributed by atoms with van der Waals surface area (Å²) in [6, 6.07) is 12.8. The molecule has 4 nitrogen and oxygen atoms in total. The summed E-state index contributed by atoms with van der Waals surface area (Å²) in [7, 11) is 0. The Hall–Kier alpha value is -2.56. The van der Waals surface area contributed by atoms with Crippen LogP contribution in [0.4, 0.5) is 0 Å². The van der Waals surface area contributed by atoms with E-state index in [9.17, 15) is 4.79 Å². The highest BCUT2D eigenvalue weighted by atomic mass is 35.5. The van der Waals surface area contributed by atoms with E-state index in [1.54, 1.807) is 24.4 Å². The lowest BCUT2D eigenvalue weighted by molar-refractivity contribution is -0.129. The lowest BCUT2D eigenvalue weighted by atomic mass is 10.1. The maximum Gasteiger partial charge on any atom is 0.363 e. The molecule has 24 heavy (non-hydrogen) atoms. The van der Waals surface area contributed by atoms with Crippen LogP contribution in [0.2, 0.25) is 10.0 Å². The molecule has 0 saturated carbocycles. The van der Waals surface area contributed by atoms with E-state index in [1.807, 2.05) is 30.3 Å². The Kier molecular flexibility index (Phi) is 3.63. The highest BCUT2D eigenvalue weighted by Crippen LogP contribution is 2.31. The maximum atomic E-state index is 12.1. The number of cyclic esters (lactones) is 1. The average molecular weight is 357 g/mol. The number of carbonyl (C=O) groups excluding carboxylic acids is 1. The molecule has 4 rings (SSSR count). The largest absolute Gasteiger partial charge is 0.402 e. The third-order valence-electron chi connectivity index (χ3n) is 3.69. The number of halogens is 2. The number of rotatable bonds is 2. The third kappa shape index (κ3) is 2.60. The van der Waals surface area contributed by atoms with Crippen molar-refractivity contribution in [2.45, 2.75) is 0 Å². The number of H-pyrrole nitrogens is 1. The predicted octanol–water partition coefficient (Wildman–Crippen LogP) is 4.82. The van der Waals surface area contributed by atoms with E-state index in [4.69, 9.17) is 27.9 Å². The molecule has 0 radical (unpaired) electrons. The van der Waals surface area contributed by atoms with E-state index >= 15 is 0 Å². The normalized spacial score (nSPS) is 15.8. The molecule has 118 valence electrons. The van der Waals surface area contributed by atoms with Crippen LogP contribution in [0.1, 0.15) is 11.1 Å². The number of ether oxygens (including phenoxy) is 1. The smallest absolute Gasteiger partial charge is 0.363 e. The van der Waals surface area contributed by atoms with Crippen LogP contribution in [0.5, 0.6) is 0 Å². The molecule has 2 aromatic carbocycles. The van der Waals surface area contributed by atoms with Gasteiger partial charge in [0.15, 0.2) is 5.70 Å². The monoisotopic (exact) mass is 356 g/mol. The van der Waals surface area contributed by atoms with Crippen molar-refractivity contribution in [2.24, 2.45) is 4.99 Å². The molecule has 0 saturated heterocycles. The van der Waals surface area contributed by atoms with Gasteiger partial charge < -0.3 is 9.72 Å². The van der Waals surface area contributed by atoms with Crippen molar-refractivity contribution in [3.05, 3.63) is 75.5 Å². The van der Waals surface area contributed by atoms with Crippen molar-refractivity contribution in [1.29, 1.82) is 0 Å². The maximum absolute atomic E-state index is 12.1. The van der Waals surface area contributed by atoms with Gasteiger partial charge in [0.25, 0.3) is 0 Å². The number of aliphatic imine (C=N–C) groups is 1. The van der Waals surface area contributed by atoms with Crippen LogP contribution in [0, 0.1) is 0 Å². The van der Waals surface area contributed by atoms with Crippen molar-refractivity contribution in [1.82, 2.24) is 4.98 Å². The van der Waals surface area contributed by atoms with Crippen LogP contribution in [0.3, 0.4) is 0 Å². The Balaban J connectivity index is 1.77. The topological polar surface area (TPSA) is 54.4 Å². The number of fused-ring (bicyclic) bond motifs is 1. The van der Waals surface area contributed by atoms with Gasteiger partial charge in [-0.2, -0.15) is 0 Å². The molecule has 1 aromatic heterocycles. The summed E-state index contributed by atoms with van der Waals surface area (Å²) in [6.07, 6.45) is 3.44. The molecule has 0 fully saturated rings. The fourth-order valence-electron chi connectivity index (χ4n) is 2.52. The minimum absolute atomic E-state index is 0.237. The molecule has 0 spiro atoms. The zero-order valence-corrected chi connectivity index (χ0v) is 13.7. The lowest BCUT2D eigenvalue weighted by Gasteiger charge is -1.97. The molecule has 0 bridgehead atoms. The molecule has 1 aliphatic heterocycles. The molecule has 0 unspecified atom stereocenters. The summed E-state index contributed by atoms with van der Waals surface area (Å²) in [6.45, 7) is 0. The van der Waals surface area contributed by atoms with Gasteiger partial charge in [0.1, 0.15) is 0 Å². The molecule has 2 heterocycles. The van der Waals surface area contributed by atoms with Gasteiger partial charge in [-0.3, -0.25) is 0 Å². The third-order valence-corrected chi connectivity index (χ3v) is 4.41. The van der Waals surface area contributed by atoms with Gasteiger partial charge in [-0.05, 0) is 30.3 Å². The lowest BCUT2D eigenvalue weighted by Crippen LogP contribution is -2.04. The van der Waals surface area contributed by atoms with Crippen molar-refractivity contribution < 1.29 is 9.53 Å². The first-order valence-corrected chi connectivity index (χ1v) is 7.91.